The Kier molecular flexibility index (Phi) is 6.84. The molecule has 27 heavy (non-hydrogen) atoms. The Labute approximate surface area is 161 Å². The zero-order valence-corrected chi connectivity index (χ0v) is 16.9. The lowest BCUT2D eigenvalue weighted by atomic mass is 10.00. The summed E-state index contributed by atoms with van der Waals surface area (Å²) in [6.07, 6.45) is 1.13. The maximum Gasteiger partial charge on any atom is 0.407 e. The predicted octanol–water partition coefficient (Wildman–Crippen LogP) is 2.62. The summed E-state index contributed by atoms with van der Waals surface area (Å²) in [6.45, 7) is 6.65. The number of piperidine rings is 1. The van der Waals surface area contributed by atoms with Gasteiger partial charge in [-0.25, -0.2) is 17.5 Å². The van der Waals surface area contributed by atoms with Crippen molar-refractivity contribution in [1.29, 1.82) is 5.26 Å². The summed E-state index contributed by atoms with van der Waals surface area (Å²) < 4.78 is 32.2. The molecular formula is C19H27N3O4S. The molecule has 1 aliphatic heterocycles. The van der Waals surface area contributed by atoms with Crippen molar-refractivity contribution in [2.75, 3.05) is 19.6 Å². The van der Waals surface area contributed by atoms with E-state index in [1.165, 1.54) is 4.31 Å². The van der Waals surface area contributed by atoms with Crippen molar-refractivity contribution in [3.05, 3.63) is 35.4 Å². The van der Waals surface area contributed by atoms with Crippen LogP contribution in [0.5, 0.6) is 0 Å². The van der Waals surface area contributed by atoms with Gasteiger partial charge in [-0.2, -0.15) is 5.26 Å². The molecule has 0 aromatic heterocycles. The minimum Gasteiger partial charge on any atom is -0.444 e. The number of ether oxygens (including phenoxy) is 1. The monoisotopic (exact) mass is 393 g/mol. The fraction of sp³-hybridized carbons (Fsp3) is 0.579. The summed E-state index contributed by atoms with van der Waals surface area (Å²) >= 11 is 0. The Morgan fingerprint density at radius 1 is 1.33 bits per heavy atom. The number of nitriles is 1. The van der Waals surface area contributed by atoms with E-state index in [4.69, 9.17) is 10.00 Å². The van der Waals surface area contributed by atoms with Crippen molar-refractivity contribution >= 4 is 16.1 Å². The van der Waals surface area contributed by atoms with Gasteiger partial charge in [0.15, 0.2) is 0 Å². The average molecular weight is 394 g/mol. The molecule has 7 nitrogen and oxygen atoms in total. The molecule has 2 rings (SSSR count). The van der Waals surface area contributed by atoms with Gasteiger partial charge in [-0.05, 0) is 57.2 Å². The highest BCUT2D eigenvalue weighted by atomic mass is 32.2. The fourth-order valence-corrected chi connectivity index (χ4v) is 4.61. The highest BCUT2D eigenvalue weighted by Crippen LogP contribution is 2.21. The molecule has 1 atom stereocenters. The number of carbonyl (C=O) groups excluding carboxylic acids is 1. The SMILES string of the molecule is CC(C)(C)OC(=O)NC[C@H]1CCCN(S(=O)(=O)Cc2ccc(C#N)cc2)C1. The molecule has 8 heteroatoms. The van der Waals surface area contributed by atoms with E-state index in [-0.39, 0.29) is 11.7 Å². The number of sulfonamides is 1. The van der Waals surface area contributed by atoms with Crippen molar-refractivity contribution in [1.82, 2.24) is 9.62 Å². The van der Waals surface area contributed by atoms with E-state index in [9.17, 15) is 13.2 Å². The molecule has 1 amide bonds. The summed E-state index contributed by atoms with van der Waals surface area (Å²) in [5.41, 5.74) is 0.595. The molecule has 1 fully saturated rings. The molecule has 0 aliphatic carbocycles. The maximum atomic E-state index is 12.7. The number of nitrogens with one attached hydrogen (secondary N) is 1. The smallest absolute Gasteiger partial charge is 0.407 e. The van der Waals surface area contributed by atoms with Crippen molar-refractivity contribution in [2.24, 2.45) is 5.92 Å². The normalized spacial score (nSPS) is 18.5. The zero-order chi connectivity index (χ0) is 20.1. The van der Waals surface area contributed by atoms with Crippen LogP contribution < -0.4 is 5.32 Å². The second-order valence-corrected chi connectivity index (χ2v) is 9.78. The summed E-state index contributed by atoms with van der Waals surface area (Å²) in [6, 6.07) is 8.59. The first-order valence-electron chi connectivity index (χ1n) is 9.03. The molecule has 0 bridgehead atoms. The van der Waals surface area contributed by atoms with E-state index in [0.29, 0.717) is 30.8 Å². The van der Waals surface area contributed by atoms with Gasteiger partial charge < -0.3 is 10.1 Å². The highest BCUT2D eigenvalue weighted by molar-refractivity contribution is 7.88. The Hall–Kier alpha value is -2.11. The van der Waals surface area contributed by atoms with E-state index in [1.807, 2.05) is 6.07 Å². The lowest BCUT2D eigenvalue weighted by molar-refractivity contribution is 0.0513. The Morgan fingerprint density at radius 2 is 2.00 bits per heavy atom. The number of carbonyl (C=O) groups is 1. The van der Waals surface area contributed by atoms with Gasteiger partial charge in [-0.3, -0.25) is 0 Å². The molecule has 0 radical (unpaired) electrons. The Bertz CT molecular complexity index is 792. The van der Waals surface area contributed by atoms with Crippen LogP contribution in [0.4, 0.5) is 4.79 Å². The molecule has 1 aliphatic rings. The van der Waals surface area contributed by atoms with Crippen LogP contribution in [-0.4, -0.2) is 44.1 Å². The van der Waals surface area contributed by atoms with Crippen LogP contribution in [0.15, 0.2) is 24.3 Å². The van der Waals surface area contributed by atoms with Crippen LogP contribution in [-0.2, 0) is 20.5 Å². The second kappa shape index (κ2) is 8.72. The molecule has 1 heterocycles. The van der Waals surface area contributed by atoms with E-state index >= 15 is 0 Å². The summed E-state index contributed by atoms with van der Waals surface area (Å²) in [5, 5.41) is 11.6. The van der Waals surface area contributed by atoms with E-state index < -0.39 is 21.7 Å². The topological polar surface area (TPSA) is 99.5 Å². The third-order valence-corrected chi connectivity index (χ3v) is 6.06. The molecule has 1 saturated heterocycles. The van der Waals surface area contributed by atoms with Crippen molar-refractivity contribution in [3.63, 3.8) is 0 Å². The van der Waals surface area contributed by atoms with Gasteiger partial charge in [0.1, 0.15) is 5.60 Å². The number of nitrogens with zero attached hydrogens (tertiary/aromatic N) is 2. The van der Waals surface area contributed by atoms with Gasteiger partial charge in [0, 0.05) is 19.6 Å². The van der Waals surface area contributed by atoms with Crippen molar-refractivity contribution in [3.8, 4) is 6.07 Å². The van der Waals surface area contributed by atoms with E-state index in [0.717, 1.165) is 12.8 Å². The minimum atomic E-state index is -3.45. The first-order valence-corrected chi connectivity index (χ1v) is 10.6. The number of alkyl carbamates (subject to hydrolysis) is 1. The molecule has 0 saturated carbocycles. The fourth-order valence-electron chi connectivity index (χ4n) is 2.97. The molecule has 1 N–H and O–H groups in total. The molecule has 1 aromatic carbocycles. The largest absolute Gasteiger partial charge is 0.444 e. The van der Waals surface area contributed by atoms with Gasteiger partial charge in [-0.1, -0.05) is 12.1 Å². The van der Waals surface area contributed by atoms with E-state index in [2.05, 4.69) is 5.32 Å². The summed E-state index contributed by atoms with van der Waals surface area (Å²) in [5.74, 6) is -0.0349. The highest BCUT2D eigenvalue weighted by Gasteiger charge is 2.29. The predicted molar refractivity (Wildman–Crippen MR) is 102 cm³/mol. The summed E-state index contributed by atoms with van der Waals surface area (Å²) in [7, 11) is -3.45. The second-order valence-electron chi connectivity index (χ2n) is 7.81. The van der Waals surface area contributed by atoms with Gasteiger partial charge in [0.25, 0.3) is 0 Å². The molecule has 1 aromatic rings. The zero-order valence-electron chi connectivity index (χ0n) is 16.1. The molecule has 148 valence electrons. The van der Waals surface area contributed by atoms with Crippen LogP contribution in [0.3, 0.4) is 0 Å². The lowest BCUT2D eigenvalue weighted by Gasteiger charge is -2.32. The molecular weight excluding hydrogens is 366 g/mol. The van der Waals surface area contributed by atoms with Crippen molar-refractivity contribution < 1.29 is 17.9 Å². The van der Waals surface area contributed by atoms with Gasteiger partial charge in [-0.15, -0.1) is 0 Å². The van der Waals surface area contributed by atoms with Gasteiger partial charge in [0.2, 0.25) is 10.0 Å². The molecule has 0 unspecified atom stereocenters. The van der Waals surface area contributed by atoms with Gasteiger partial charge in [0.05, 0.1) is 17.4 Å². The number of amides is 1. The van der Waals surface area contributed by atoms with E-state index in [1.54, 1.807) is 45.0 Å². The number of hydrogen-bond donors (Lipinski definition) is 1. The average Bonchev–Trinajstić information content (AvgIpc) is 2.59. The maximum absolute atomic E-state index is 12.7. The van der Waals surface area contributed by atoms with Crippen LogP contribution in [0.1, 0.15) is 44.7 Å². The number of hydrogen-bond acceptors (Lipinski definition) is 5. The van der Waals surface area contributed by atoms with Gasteiger partial charge >= 0.3 is 6.09 Å². The van der Waals surface area contributed by atoms with Crippen LogP contribution in [0.2, 0.25) is 0 Å². The lowest BCUT2D eigenvalue weighted by Crippen LogP contribution is -2.44. The Balaban J connectivity index is 1.91. The quantitative estimate of drug-likeness (QED) is 0.829. The standard InChI is InChI=1S/C19H27N3O4S/c1-19(2,3)26-18(23)21-12-17-5-4-10-22(13-17)27(24,25)14-16-8-6-15(11-20)7-9-16/h6-9,17H,4-5,10,12-14H2,1-3H3,(H,21,23)/t17-/m1/s1. The van der Waals surface area contributed by atoms with Crippen LogP contribution in [0.25, 0.3) is 0 Å². The third-order valence-electron chi connectivity index (χ3n) is 4.24. The van der Waals surface area contributed by atoms with Crippen molar-refractivity contribution in [2.45, 2.75) is 45.0 Å². The minimum absolute atomic E-state index is 0.0574. The Morgan fingerprint density at radius 3 is 2.59 bits per heavy atom. The first kappa shape index (κ1) is 21.2. The number of benzene rings is 1. The summed E-state index contributed by atoms with van der Waals surface area (Å²) in [4.78, 5) is 11.8. The number of rotatable bonds is 5. The first-order chi connectivity index (χ1) is 12.6. The third kappa shape index (κ3) is 6.85. The van der Waals surface area contributed by atoms with Crippen LogP contribution in [0, 0.1) is 17.2 Å². The van der Waals surface area contributed by atoms with Crippen LogP contribution >= 0.6 is 0 Å². The molecule has 0 spiro atoms.